The Balaban J connectivity index is 2.13. The van der Waals surface area contributed by atoms with E-state index in [4.69, 9.17) is 4.74 Å². The average Bonchev–Trinajstić information content (AvgIpc) is 2.98. The van der Waals surface area contributed by atoms with E-state index in [2.05, 4.69) is 57.5 Å². The maximum absolute atomic E-state index is 5.80. The van der Waals surface area contributed by atoms with Crippen molar-refractivity contribution in [2.45, 2.75) is 19.1 Å². The summed E-state index contributed by atoms with van der Waals surface area (Å²) < 4.78 is 8.07. The minimum Gasteiger partial charge on any atom is -0.378 e. The van der Waals surface area contributed by atoms with Crippen LogP contribution in [0.15, 0.2) is 54.9 Å². The molecule has 0 spiro atoms. The van der Waals surface area contributed by atoms with Crippen LogP contribution in [0.3, 0.4) is 0 Å². The molecule has 4 nitrogen and oxygen atoms in total. The molecule has 0 unspecified atom stereocenters. The smallest absolute Gasteiger partial charge is 0.0943 e. The molecule has 1 aromatic carbocycles. The summed E-state index contributed by atoms with van der Waals surface area (Å²) >= 11 is 0. The number of rotatable bonds is 6. The van der Waals surface area contributed by atoms with Crippen molar-refractivity contribution >= 4 is 10.9 Å². The first kappa shape index (κ1) is 15.7. The average molecular weight is 309 g/mol. The fourth-order valence-electron chi connectivity index (χ4n) is 3.14. The van der Waals surface area contributed by atoms with Crippen LogP contribution < -0.4 is 5.32 Å². The van der Waals surface area contributed by atoms with E-state index in [1.807, 2.05) is 26.2 Å². The largest absolute Gasteiger partial charge is 0.378 e. The minimum atomic E-state index is 0.0271. The van der Waals surface area contributed by atoms with Crippen LogP contribution in [0.25, 0.3) is 10.9 Å². The van der Waals surface area contributed by atoms with Crippen LogP contribution in [-0.2, 0) is 4.74 Å². The number of methoxy groups -OCH3 is 1. The molecule has 0 radical (unpaired) electrons. The monoisotopic (exact) mass is 309 g/mol. The second-order valence-electron chi connectivity index (χ2n) is 5.79. The highest BCUT2D eigenvalue weighted by atomic mass is 16.5. The Morgan fingerprint density at radius 2 is 2.00 bits per heavy atom. The predicted molar refractivity (Wildman–Crippen MR) is 93.8 cm³/mol. The number of aromatic nitrogens is 2. The summed E-state index contributed by atoms with van der Waals surface area (Å²) in [5.74, 6) is 0. The molecule has 4 heteroatoms. The van der Waals surface area contributed by atoms with Gasteiger partial charge in [-0.05, 0) is 31.7 Å². The summed E-state index contributed by atoms with van der Waals surface area (Å²) in [7, 11) is 3.72. The number of benzene rings is 1. The first-order valence-corrected chi connectivity index (χ1v) is 7.90. The molecule has 0 aliphatic carbocycles. The lowest BCUT2D eigenvalue weighted by molar-refractivity contribution is 0.0723. The summed E-state index contributed by atoms with van der Waals surface area (Å²) in [6.07, 6.45) is 4.11. The number of ether oxygens (including phenoxy) is 1. The van der Waals surface area contributed by atoms with Crippen LogP contribution in [0.1, 0.15) is 17.3 Å². The maximum Gasteiger partial charge on any atom is 0.0943 e. The molecule has 0 saturated heterocycles. The third kappa shape index (κ3) is 3.14. The highest BCUT2D eigenvalue weighted by molar-refractivity contribution is 5.80. The number of nitrogens with zero attached hydrogens (tertiary/aromatic N) is 2. The molecule has 3 rings (SSSR count). The topological polar surface area (TPSA) is 39.1 Å². The maximum atomic E-state index is 5.80. The molecular weight excluding hydrogens is 286 g/mol. The number of nitrogens with one attached hydrogen (secondary N) is 1. The number of hydrogen-bond donors (Lipinski definition) is 1. The first-order valence-electron chi connectivity index (χ1n) is 7.90. The molecule has 0 aliphatic rings. The van der Waals surface area contributed by atoms with Crippen LogP contribution in [0.4, 0.5) is 0 Å². The fraction of sp³-hybridized carbons (Fsp3) is 0.316. The number of hydrogen-bond acceptors (Lipinski definition) is 3. The number of fused-ring (bicyclic) bond motifs is 1. The van der Waals surface area contributed by atoms with E-state index in [-0.39, 0.29) is 12.1 Å². The summed E-state index contributed by atoms with van der Waals surface area (Å²) in [4.78, 5) is 4.47. The van der Waals surface area contributed by atoms with Crippen molar-refractivity contribution in [1.29, 1.82) is 0 Å². The van der Waals surface area contributed by atoms with Gasteiger partial charge in [-0.2, -0.15) is 0 Å². The molecule has 2 aromatic heterocycles. The van der Waals surface area contributed by atoms with Gasteiger partial charge in [0.1, 0.15) is 0 Å². The van der Waals surface area contributed by atoms with Crippen molar-refractivity contribution in [1.82, 2.24) is 14.9 Å². The molecular formula is C19H23N3O. The van der Waals surface area contributed by atoms with E-state index in [0.29, 0.717) is 0 Å². The minimum absolute atomic E-state index is 0.0271. The third-order valence-corrected chi connectivity index (χ3v) is 4.24. The van der Waals surface area contributed by atoms with Gasteiger partial charge in [-0.3, -0.25) is 4.98 Å². The lowest BCUT2D eigenvalue weighted by Crippen LogP contribution is -2.35. The molecule has 0 fully saturated rings. The molecule has 0 saturated carbocycles. The lowest BCUT2D eigenvalue weighted by Gasteiger charge is -2.28. The second kappa shape index (κ2) is 6.94. The summed E-state index contributed by atoms with van der Waals surface area (Å²) in [5, 5.41) is 4.44. The number of pyridine rings is 1. The van der Waals surface area contributed by atoms with Gasteiger partial charge in [-0.25, -0.2) is 0 Å². The highest BCUT2D eigenvalue weighted by Crippen LogP contribution is 2.29. The van der Waals surface area contributed by atoms with Crippen LogP contribution >= 0.6 is 0 Å². The zero-order valence-corrected chi connectivity index (χ0v) is 13.9. The Kier molecular flexibility index (Phi) is 4.74. The Hall–Kier alpha value is -2.17. The zero-order valence-electron chi connectivity index (χ0n) is 13.9. The molecule has 120 valence electrons. The SMILES string of the molecule is CNC[C@@H](OC)[C@H](c1ccccc1)n1ccc2cc(C)ncc21. The normalized spacial score (nSPS) is 14.0. The van der Waals surface area contributed by atoms with Crippen molar-refractivity contribution in [3.8, 4) is 0 Å². The highest BCUT2D eigenvalue weighted by Gasteiger charge is 2.25. The van der Waals surface area contributed by atoms with Gasteiger partial charge in [0.05, 0.1) is 23.9 Å². The van der Waals surface area contributed by atoms with Gasteiger partial charge < -0.3 is 14.6 Å². The van der Waals surface area contributed by atoms with Crippen molar-refractivity contribution in [2.75, 3.05) is 20.7 Å². The van der Waals surface area contributed by atoms with E-state index in [1.54, 1.807) is 7.11 Å². The standard InChI is InChI=1S/C19H23N3O/c1-14-11-16-9-10-22(17(16)12-21-14)19(18(23-3)13-20-2)15-7-5-4-6-8-15/h4-12,18-20H,13H2,1-3H3/t18-,19+/m1/s1. The van der Waals surface area contributed by atoms with Gasteiger partial charge >= 0.3 is 0 Å². The Morgan fingerprint density at radius 3 is 2.70 bits per heavy atom. The van der Waals surface area contributed by atoms with Crippen molar-refractivity contribution in [2.24, 2.45) is 0 Å². The van der Waals surface area contributed by atoms with Gasteiger partial charge in [-0.15, -0.1) is 0 Å². The lowest BCUT2D eigenvalue weighted by atomic mass is 10.0. The van der Waals surface area contributed by atoms with E-state index in [0.717, 1.165) is 17.8 Å². The van der Waals surface area contributed by atoms with Crippen LogP contribution in [-0.4, -0.2) is 36.4 Å². The van der Waals surface area contributed by atoms with Crippen LogP contribution in [0.2, 0.25) is 0 Å². The summed E-state index contributed by atoms with van der Waals surface area (Å²) in [6.45, 7) is 2.79. The van der Waals surface area contributed by atoms with Crippen LogP contribution in [0.5, 0.6) is 0 Å². The molecule has 3 aromatic rings. The van der Waals surface area contributed by atoms with E-state index in [9.17, 15) is 0 Å². The molecule has 0 amide bonds. The van der Waals surface area contributed by atoms with Crippen molar-refractivity contribution in [3.63, 3.8) is 0 Å². The second-order valence-corrected chi connectivity index (χ2v) is 5.79. The van der Waals surface area contributed by atoms with Gasteiger partial charge in [-0.1, -0.05) is 30.3 Å². The fourth-order valence-corrected chi connectivity index (χ4v) is 3.14. The Bertz CT molecular complexity index is 767. The van der Waals surface area contributed by atoms with Crippen LogP contribution in [0, 0.1) is 6.92 Å². The van der Waals surface area contributed by atoms with E-state index in [1.165, 1.54) is 10.9 Å². The zero-order chi connectivity index (χ0) is 16.2. The predicted octanol–water partition coefficient (Wildman–Crippen LogP) is 3.17. The number of likely N-dealkylation sites (N-methyl/N-ethyl adjacent to an activating group) is 1. The Morgan fingerprint density at radius 1 is 1.22 bits per heavy atom. The van der Waals surface area contributed by atoms with Gasteiger partial charge in [0, 0.05) is 30.9 Å². The molecule has 2 heterocycles. The van der Waals surface area contributed by atoms with Crippen molar-refractivity contribution in [3.05, 3.63) is 66.1 Å². The molecule has 2 atom stereocenters. The summed E-state index contributed by atoms with van der Waals surface area (Å²) in [6, 6.07) is 14.8. The van der Waals surface area contributed by atoms with Gasteiger partial charge in [0.25, 0.3) is 0 Å². The van der Waals surface area contributed by atoms with Gasteiger partial charge in [0.15, 0.2) is 0 Å². The first-order chi connectivity index (χ1) is 11.2. The number of aryl methyl sites for hydroxylation is 1. The molecule has 0 aliphatic heterocycles. The van der Waals surface area contributed by atoms with E-state index >= 15 is 0 Å². The molecule has 1 N–H and O–H groups in total. The molecule has 23 heavy (non-hydrogen) atoms. The van der Waals surface area contributed by atoms with Crippen molar-refractivity contribution < 1.29 is 4.74 Å². The molecule has 0 bridgehead atoms. The van der Waals surface area contributed by atoms with Gasteiger partial charge in [0.2, 0.25) is 0 Å². The quantitative estimate of drug-likeness (QED) is 0.760. The Labute approximate surface area is 137 Å². The third-order valence-electron chi connectivity index (χ3n) is 4.24. The van der Waals surface area contributed by atoms with E-state index < -0.39 is 0 Å². The summed E-state index contributed by atoms with van der Waals surface area (Å²) in [5.41, 5.74) is 3.39.